The largest absolute Gasteiger partial charge is 0.486 e. The normalized spacial score (nSPS) is 23.5. The molecule has 2 atom stereocenters. The van der Waals surface area contributed by atoms with E-state index in [1.165, 1.54) is 37.0 Å². The number of thioether (sulfide) groups is 1. The zero-order chi connectivity index (χ0) is 14.5. The number of nitrogens with one attached hydrogen (secondary N) is 1. The van der Waals surface area contributed by atoms with Gasteiger partial charge in [0.05, 0.1) is 6.04 Å². The minimum Gasteiger partial charge on any atom is -0.486 e. The Hall–Kier alpha value is -0.930. The third-order valence-corrected chi connectivity index (χ3v) is 5.45. The van der Waals surface area contributed by atoms with Crippen molar-refractivity contribution in [2.75, 3.05) is 12.3 Å². The van der Waals surface area contributed by atoms with E-state index in [4.69, 9.17) is 4.74 Å². The summed E-state index contributed by atoms with van der Waals surface area (Å²) in [6.45, 7) is 3.18. The lowest BCUT2D eigenvalue weighted by Gasteiger charge is -2.33. The van der Waals surface area contributed by atoms with E-state index < -0.39 is 0 Å². The summed E-state index contributed by atoms with van der Waals surface area (Å²) in [7, 11) is 0. The van der Waals surface area contributed by atoms with Gasteiger partial charge in [0.1, 0.15) is 11.9 Å². The van der Waals surface area contributed by atoms with Crippen LogP contribution in [0.15, 0.2) is 40.8 Å². The maximum absolute atomic E-state index is 6.32. The number of allylic oxidation sites excluding steroid dienone is 1. The molecule has 0 saturated carbocycles. The minimum absolute atomic E-state index is 0.245. The molecule has 1 heterocycles. The van der Waals surface area contributed by atoms with Gasteiger partial charge in [-0.05, 0) is 44.4 Å². The first-order chi connectivity index (χ1) is 10.4. The molecule has 3 rings (SSSR count). The Balaban J connectivity index is 1.77. The van der Waals surface area contributed by atoms with E-state index in [0.717, 1.165) is 18.0 Å². The molecule has 21 heavy (non-hydrogen) atoms. The number of rotatable bonds is 4. The zero-order valence-corrected chi connectivity index (χ0v) is 13.6. The molecule has 1 aliphatic heterocycles. The minimum atomic E-state index is 0.245. The predicted octanol–water partition coefficient (Wildman–Crippen LogP) is 4.41. The molecule has 0 aromatic heterocycles. The number of ether oxygens (including phenoxy) is 1. The fourth-order valence-corrected chi connectivity index (χ4v) is 4.28. The van der Waals surface area contributed by atoms with E-state index in [1.807, 2.05) is 11.8 Å². The average molecular weight is 303 g/mol. The second-order valence-corrected chi connectivity index (χ2v) is 6.89. The Morgan fingerprint density at radius 1 is 1.29 bits per heavy atom. The summed E-state index contributed by atoms with van der Waals surface area (Å²) in [4.78, 5) is 1.28. The van der Waals surface area contributed by atoms with Crippen molar-refractivity contribution in [3.63, 3.8) is 0 Å². The third kappa shape index (κ3) is 3.64. The van der Waals surface area contributed by atoms with E-state index in [1.54, 1.807) is 5.57 Å². The SMILES string of the molecule is CCNC(C1=CCCCCC1)C1CSc2ccccc2O1. The predicted molar refractivity (Wildman–Crippen MR) is 90.2 cm³/mol. The summed E-state index contributed by atoms with van der Waals surface area (Å²) in [6.07, 6.45) is 9.19. The number of fused-ring (bicyclic) bond motifs is 1. The Kier molecular flexibility index (Phi) is 5.26. The molecule has 1 aromatic rings. The molecule has 0 spiro atoms. The van der Waals surface area contributed by atoms with Gasteiger partial charge < -0.3 is 10.1 Å². The van der Waals surface area contributed by atoms with Gasteiger partial charge in [-0.1, -0.05) is 37.1 Å². The Morgan fingerprint density at radius 3 is 3.10 bits per heavy atom. The van der Waals surface area contributed by atoms with Gasteiger partial charge in [0.2, 0.25) is 0 Å². The van der Waals surface area contributed by atoms with E-state index in [-0.39, 0.29) is 6.10 Å². The van der Waals surface area contributed by atoms with Gasteiger partial charge in [-0.25, -0.2) is 0 Å². The van der Waals surface area contributed by atoms with E-state index >= 15 is 0 Å². The molecular weight excluding hydrogens is 278 g/mol. The van der Waals surface area contributed by atoms with Gasteiger partial charge in [0.25, 0.3) is 0 Å². The zero-order valence-electron chi connectivity index (χ0n) is 12.8. The van der Waals surface area contributed by atoms with Crippen molar-refractivity contribution in [2.45, 2.75) is 56.1 Å². The van der Waals surface area contributed by atoms with Crippen molar-refractivity contribution in [3.8, 4) is 5.75 Å². The van der Waals surface area contributed by atoms with Crippen molar-refractivity contribution in [3.05, 3.63) is 35.9 Å². The Morgan fingerprint density at radius 2 is 2.19 bits per heavy atom. The third-order valence-electron chi connectivity index (χ3n) is 4.30. The molecule has 0 radical (unpaired) electrons. The molecule has 3 heteroatoms. The first kappa shape index (κ1) is 15.0. The monoisotopic (exact) mass is 303 g/mol. The van der Waals surface area contributed by atoms with Crippen LogP contribution in [-0.2, 0) is 0 Å². The van der Waals surface area contributed by atoms with Crippen LogP contribution in [0.1, 0.15) is 39.0 Å². The average Bonchev–Trinajstić information content (AvgIpc) is 2.81. The van der Waals surface area contributed by atoms with Crippen LogP contribution in [0, 0.1) is 0 Å². The van der Waals surface area contributed by atoms with Crippen molar-refractivity contribution in [2.24, 2.45) is 0 Å². The first-order valence-electron chi connectivity index (χ1n) is 8.19. The molecule has 0 amide bonds. The first-order valence-corrected chi connectivity index (χ1v) is 9.18. The number of benzene rings is 1. The second-order valence-electron chi connectivity index (χ2n) is 5.83. The summed E-state index contributed by atoms with van der Waals surface area (Å²) in [5, 5.41) is 3.67. The molecule has 0 bridgehead atoms. The van der Waals surface area contributed by atoms with Gasteiger partial charge in [0.15, 0.2) is 0 Å². The van der Waals surface area contributed by atoms with Crippen LogP contribution in [0.5, 0.6) is 5.75 Å². The molecule has 1 aliphatic carbocycles. The van der Waals surface area contributed by atoms with E-state index in [2.05, 4.69) is 42.6 Å². The number of hydrogen-bond donors (Lipinski definition) is 1. The summed E-state index contributed by atoms with van der Waals surface area (Å²) in [5.41, 5.74) is 1.57. The van der Waals surface area contributed by atoms with E-state index in [9.17, 15) is 0 Å². The van der Waals surface area contributed by atoms with Gasteiger partial charge in [-0.2, -0.15) is 0 Å². The molecule has 0 fully saturated rings. The standard InChI is InChI=1S/C18H25NOS/c1-2-19-18(14-9-5-3-4-6-10-14)16-13-21-17-12-8-7-11-15(17)20-16/h7-9,11-12,16,18-19H,2-6,10,13H2,1H3. The highest BCUT2D eigenvalue weighted by Crippen LogP contribution is 2.37. The topological polar surface area (TPSA) is 21.3 Å². The van der Waals surface area contributed by atoms with Crippen molar-refractivity contribution in [1.82, 2.24) is 5.32 Å². The number of para-hydroxylation sites is 1. The molecule has 2 nitrogen and oxygen atoms in total. The molecule has 0 saturated heterocycles. The second kappa shape index (κ2) is 7.37. The highest BCUT2D eigenvalue weighted by Gasteiger charge is 2.30. The molecule has 1 N–H and O–H groups in total. The maximum Gasteiger partial charge on any atom is 0.133 e. The highest BCUT2D eigenvalue weighted by molar-refractivity contribution is 7.99. The van der Waals surface area contributed by atoms with Crippen LogP contribution in [0.3, 0.4) is 0 Å². The molecule has 114 valence electrons. The molecule has 1 aromatic carbocycles. The lowest BCUT2D eigenvalue weighted by Crippen LogP contribution is -2.46. The van der Waals surface area contributed by atoms with Crippen LogP contribution in [0.2, 0.25) is 0 Å². The van der Waals surface area contributed by atoms with Gasteiger partial charge in [-0.15, -0.1) is 11.8 Å². The van der Waals surface area contributed by atoms with Crippen molar-refractivity contribution >= 4 is 11.8 Å². The number of hydrogen-bond acceptors (Lipinski definition) is 3. The van der Waals surface area contributed by atoms with Crippen LogP contribution < -0.4 is 10.1 Å². The van der Waals surface area contributed by atoms with Crippen LogP contribution >= 0.6 is 11.8 Å². The molecule has 2 aliphatic rings. The van der Waals surface area contributed by atoms with Gasteiger partial charge in [0, 0.05) is 10.6 Å². The van der Waals surface area contributed by atoms with Crippen molar-refractivity contribution < 1.29 is 4.74 Å². The smallest absolute Gasteiger partial charge is 0.133 e. The van der Waals surface area contributed by atoms with Gasteiger partial charge >= 0.3 is 0 Å². The maximum atomic E-state index is 6.32. The van der Waals surface area contributed by atoms with E-state index in [0.29, 0.717) is 6.04 Å². The summed E-state index contributed by atoms with van der Waals surface area (Å²) >= 11 is 1.93. The highest BCUT2D eigenvalue weighted by atomic mass is 32.2. The summed E-state index contributed by atoms with van der Waals surface area (Å²) < 4.78 is 6.32. The fraction of sp³-hybridized carbons (Fsp3) is 0.556. The number of likely N-dealkylation sites (N-methyl/N-ethyl adjacent to an activating group) is 1. The summed E-state index contributed by atoms with van der Waals surface area (Å²) in [6, 6.07) is 8.77. The molecular formula is C18H25NOS. The molecule has 2 unspecified atom stereocenters. The van der Waals surface area contributed by atoms with Crippen LogP contribution in [-0.4, -0.2) is 24.4 Å². The lowest BCUT2D eigenvalue weighted by atomic mass is 9.97. The van der Waals surface area contributed by atoms with Gasteiger partial charge in [-0.3, -0.25) is 0 Å². The van der Waals surface area contributed by atoms with Crippen LogP contribution in [0.4, 0.5) is 0 Å². The summed E-state index contributed by atoms with van der Waals surface area (Å²) in [5.74, 6) is 2.09. The quantitative estimate of drug-likeness (QED) is 0.833. The lowest BCUT2D eigenvalue weighted by molar-refractivity contribution is 0.179. The van der Waals surface area contributed by atoms with Crippen molar-refractivity contribution in [1.29, 1.82) is 0 Å². The van der Waals surface area contributed by atoms with Crippen LogP contribution in [0.25, 0.3) is 0 Å². The Labute approximate surface area is 132 Å². The Bertz CT molecular complexity index is 500. The fourth-order valence-electron chi connectivity index (χ4n) is 3.24.